The molecule has 4 aromatic rings. The van der Waals surface area contributed by atoms with Crippen molar-refractivity contribution in [2.75, 3.05) is 14.2 Å². The van der Waals surface area contributed by atoms with Crippen molar-refractivity contribution >= 4 is 6.08 Å². The monoisotopic (exact) mass is 409 g/mol. The number of aromatic amines is 1. The number of hydrogen-bond donors (Lipinski definition) is 1. The number of pyridine rings is 1. The number of fused-ring (bicyclic) bond motifs is 1. The van der Waals surface area contributed by atoms with Gasteiger partial charge < -0.3 is 9.47 Å². The van der Waals surface area contributed by atoms with Crippen molar-refractivity contribution in [3.63, 3.8) is 0 Å². The van der Waals surface area contributed by atoms with Gasteiger partial charge in [-0.15, -0.1) is 0 Å². The summed E-state index contributed by atoms with van der Waals surface area (Å²) < 4.78 is 11.1. The Morgan fingerprint density at radius 3 is 2.39 bits per heavy atom. The van der Waals surface area contributed by atoms with E-state index in [1.165, 1.54) is 5.56 Å². The molecule has 0 saturated heterocycles. The number of nitrogens with zero attached hydrogens (tertiary/aromatic N) is 2. The smallest absolute Gasteiger partial charge is 0.161 e. The second-order valence-corrected chi connectivity index (χ2v) is 7.62. The van der Waals surface area contributed by atoms with E-state index < -0.39 is 0 Å². The van der Waals surface area contributed by atoms with E-state index >= 15 is 0 Å². The summed E-state index contributed by atoms with van der Waals surface area (Å²) in [5.41, 5.74) is 6.22. The molecule has 0 bridgehead atoms. The van der Waals surface area contributed by atoms with Crippen LogP contribution in [0.2, 0.25) is 0 Å². The van der Waals surface area contributed by atoms with E-state index in [9.17, 15) is 0 Å². The minimum Gasteiger partial charge on any atom is -0.493 e. The molecule has 0 amide bonds. The van der Waals surface area contributed by atoms with Crippen LogP contribution in [0.15, 0.2) is 79.1 Å². The lowest BCUT2D eigenvalue weighted by Crippen LogP contribution is -2.30. The highest BCUT2D eigenvalue weighted by molar-refractivity contribution is 5.76. The minimum atomic E-state index is -0.351. The Morgan fingerprint density at radius 1 is 0.871 bits per heavy atom. The number of benzene rings is 2. The third kappa shape index (κ3) is 3.19. The lowest BCUT2D eigenvalue weighted by Gasteiger charge is -2.35. The zero-order valence-electron chi connectivity index (χ0n) is 17.5. The number of nitrogens with one attached hydrogen (secondary N) is 1. The molecular weight excluding hydrogens is 386 g/mol. The molecule has 0 aliphatic heterocycles. The van der Waals surface area contributed by atoms with Gasteiger partial charge in [-0.2, -0.15) is 5.10 Å². The molecule has 2 aromatic carbocycles. The van der Waals surface area contributed by atoms with Crippen molar-refractivity contribution < 1.29 is 9.47 Å². The molecule has 0 spiro atoms. The summed E-state index contributed by atoms with van der Waals surface area (Å²) in [4.78, 5) is 4.12. The van der Waals surface area contributed by atoms with Gasteiger partial charge in [0, 0.05) is 41.1 Å². The van der Waals surface area contributed by atoms with Crippen LogP contribution in [0.1, 0.15) is 22.4 Å². The molecule has 0 radical (unpaired) electrons. The minimum absolute atomic E-state index is 0.351. The van der Waals surface area contributed by atoms with Gasteiger partial charge in [0.1, 0.15) is 0 Å². The van der Waals surface area contributed by atoms with Crippen molar-refractivity contribution in [3.8, 4) is 22.8 Å². The molecule has 1 atom stereocenters. The molecular formula is C26H23N3O2. The van der Waals surface area contributed by atoms with E-state index in [4.69, 9.17) is 9.47 Å². The molecule has 5 nitrogen and oxygen atoms in total. The zero-order chi connectivity index (χ0) is 21.3. The van der Waals surface area contributed by atoms with Gasteiger partial charge in [0.05, 0.1) is 19.9 Å². The van der Waals surface area contributed by atoms with Crippen LogP contribution in [-0.2, 0) is 11.8 Å². The second kappa shape index (κ2) is 7.76. The quantitative estimate of drug-likeness (QED) is 0.501. The molecule has 0 saturated carbocycles. The molecule has 0 fully saturated rings. The largest absolute Gasteiger partial charge is 0.493 e. The van der Waals surface area contributed by atoms with Crippen LogP contribution in [0, 0.1) is 0 Å². The predicted octanol–water partition coefficient (Wildman–Crippen LogP) is 5.04. The Bertz CT molecular complexity index is 1230. The number of rotatable bonds is 5. The normalized spacial score (nSPS) is 17.2. The molecule has 154 valence electrons. The van der Waals surface area contributed by atoms with Crippen molar-refractivity contribution in [2.45, 2.75) is 11.8 Å². The number of H-pyrrole nitrogens is 1. The number of aromatic nitrogens is 3. The van der Waals surface area contributed by atoms with Gasteiger partial charge in [0.25, 0.3) is 0 Å². The average Bonchev–Trinajstić information content (AvgIpc) is 3.27. The third-order valence-electron chi connectivity index (χ3n) is 6.01. The highest BCUT2D eigenvalue weighted by atomic mass is 16.5. The predicted molar refractivity (Wildman–Crippen MR) is 121 cm³/mol. The summed E-state index contributed by atoms with van der Waals surface area (Å²) in [5.74, 6) is 1.44. The fourth-order valence-corrected chi connectivity index (χ4v) is 4.41. The van der Waals surface area contributed by atoms with Gasteiger partial charge >= 0.3 is 0 Å². The van der Waals surface area contributed by atoms with Crippen LogP contribution in [0.3, 0.4) is 0 Å². The summed E-state index contributed by atoms with van der Waals surface area (Å²) in [6, 6.07) is 20.7. The fourth-order valence-electron chi connectivity index (χ4n) is 4.41. The topological polar surface area (TPSA) is 60.0 Å². The maximum atomic E-state index is 5.60. The first kappa shape index (κ1) is 19.1. The summed E-state index contributed by atoms with van der Waals surface area (Å²) in [6.07, 6.45) is 8.81. The van der Waals surface area contributed by atoms with Crippen LogP contribution in [0.4, 0.5) is 0 Å². The maximum absolute atomic E-state index is 5.60. The lowest BCUT2D eigenvalue weighted by molar-refractivity contribution is 0.354. The fraction of sp³-hybridized carbons (Fsp3) is 0.154. The van der Waals surface area contributed by atoms with E-state index in [0.717, 1.165) is 46.0 Å². The molecule has 1 N–H and O–H groups in total. The Labute approximate surface area is 181 Å². The Hall–Kier alpha value is -3.86. The number of ether oxygens (including phenoxy) is 2. The second-order valence-electron chi connectivity index (χ2n) is 7.62. The van der Waals surface area contributed by atoms with Gasteiger partial charge in [-0.1, -0.05) is 48.6 Å². The van der Waals surface area contributed by atoms with E-state index in [1.54, 1.807) is 26.6 Å². The third-order valence-corrected chi connectivity index (χ3v) is 6.01. The summed E-state index contributed by atoms with van der Waals surface area (Å²) >= 11 is 0. The van der Waals surface area contributed by atoms with E-state index in [0.29, 0.717) is 0 Å². The van der Waals surface area contributed by atoms with Crippen LogP contribution >= 0.6 is 0 Å². The summed E-state index contributed by atoms with van der Waals surface area (Å²) in [7, 11) is 3.32. The molecule has 2 aromatic heterocycles. The molecule has 2 heterocycles. The Balaban J connectivity index is 1.66. The van der Waals surface area contributed by atoms with Gasteiger partial charge in [0.15, 0.2) is 11.5 Å². The lowest BCUT2D eigenvalue weighted by atomic mass is 9.68. The van der Waals surface area contributed by atoms with Crippen molar-refractivity contribution in [1.82, 2.24) is 15.2 Å². The van der Waals surface area contributed by atoms with Gasteiger partial charge in [-0.25, -0.2) is 0 Å². The first-order valence-electron chi connectivity index (χ1n) is 10.2. The van der Waals surface area contributed by atoms with E-state index in [2.05, 4.69) is 63.7 Å². The van der Waals surface area contributed by atoms with Crippen LogP contribution in [-0.4, -0.2) is 29.4 Å². The van der Waals surface area contributed by atoms with Crippen LogP contribution in [0.25, 0.3) is 17.3 Å². The van der Waals surface area contributed by atoms with Gasteiger partial charge in [-0.05, 0) is 35.4 Å². The molecule has 5 heteroatoms. The molecule has 31 heavy (non-hydrogen) atoms. The number of allylic oxidation sites excluding steroid dienone is 1. The number of hydrogen-bond acceptors (Lipinski definition) is 4. The summed E-state index contributed by atoms with van der Waals surface area (Å²) in [5, 5.41) is 7.93. The molecule has 1 aliphatic rings. The molecule has 1 aliphatic carbocycles. The average molecular weight is 409 g/mol. The highest BCUT2D eigenvalue weighted by Crippen LogP contribution is 2.44. The van der Waals surface area contributed by atoms with E-state index in [-0.39, 0.29) is 5.41 Å². The SMILES string of the molecule is COc1ccc(C2(c3ccccc3)C=Cc3c(-c4ccncc4)n[nH]c3C2)cc1OC. The molecule has 1 unspecified atom stereocenters. The first-order chi connectivity index (χ1) is 15.2. The van der Waals surface area contributed by atoms with Crippen molar-refractivity contribution in [3.05, 3.63) is 102 Å². The Morgan fingerprint density at radius 2 is 1.65 bits per heavy atom. The van der Waals surface area contributed by atoms with Gasteiger partial charge in [-0.3, -0.25) is 10.1 Å². The van der Waals surface area contributed by atoms with Crippen LogP contribution in [0.5, 0.6) is 11.5 Å². The number of methoxy groups -OCH3 is 2. The van der Waals surface area contributed by atoms with Crippen LogP contribution < -0.4 is 9.47 Å². The van der Waals surface area contributed by atoms with Crippen molar-refractivity contribution in [2.24, 2.45) is 0 Å². The Kier molecular flexibility index (Phi) is 4.79. The highest BCUT2D eigenvalue weighted by Gasteiger charge is 2.37. The first-order valence-corrected chi connectivity index (χ1v) is 10.2. The van der Waals surface area contributed by atoms with Gasteiger partial charge in [0.2, 0.25) is 0 Å². The zero-order valence-corrected chi connectivity index (χ0v) is 17.5. The summed E-state index contributed by atoms with van der Waals surface area (Å²) in [6.45, 7) is 0. The van der Waals surface area contributed by atoms with Crippen molar-refractivity contribution in [1.29, 1.82) is 0 Å². The standard InChI is InChI=1S/C26H23N3O2/c1-30-23-9-8-20(16-24(23)31-2)26(19-6-4-3-5-7-19)13-10-21-22(17-26)28-29-25(21)18-11-14-27-15-12-18/h3-16H,17H2,1-2H3,(H,28,29). The molecule has 5 rings (SSSR count). The van der Waals surface area contributed by atoms with E-state index in [1.807, 2.05) is 24.3 Å². The maximum Gasteiger partial charge on any atom is 0.161 e.